The largest absolute Gasteiger partial charge is 0.496 e. The van der Waals surface area contributed by atoms with Crippen LogP contribution in [0, 0.1) is 16.7 Å². The lowest BCUT2D eigenvalue weighted by atomic mass is 9.66. The predicted octanol–water partition coefficient (Wildman–Crippen LogP) is 5.19. The fourth-order valence-corrected chi connectivity index (χ4v) is 5.53. The Kier molecular flexibility index (Phi) is 11.5. The molecule has 1 aliphatic carbocycles. The van der Waals surface area contributed by atoms with E-state index in [4.69, 9.17) is 19.6 Å². The number of carbonyl (C=O) groups is 2. The summed E-state index contributed by atoms with van der Waals surface area (Å²) in [7, 11) is 3.63. The van der Waals surface area contributed by atoms with E-state index in [2.05, 4.69) is 43.2 Å². The Labute approximate surface area is 251 Å². The second-order valence-corrected chi connectivity index (χ2v) is 11.9. The van der Waals surface area contributed by atoms with Crippen molar-refractivity contribution in [2.75, 3.05) is 60.2 Å². The molecule has 0 spiro atoms. The van der Waals surface area contributed by atoms with Gasteiger partial charge in [0.05, 0.1) is 26.9 Å². The van der Waals surface area contributed by atoms with Gasteiger partial charge < -0.3 is 24.5 Å². The minimum Gasteiger partial charge on any atom is -0.496 e. The van der Waals surface area contributed by atoms with Crippen LogP contribution < -0.4 is 4.74 Å². The number of ketones is 1. The average Bonchev–Trinajstić information content (AvgIpc) is 2.96. The average molecular weight is 578 g/mol. The Hall–Kier alpha value is -3.49. The summed E-state index contributed by atoms with van der Waals surface area (Å²) < 4.78 is 16.4. The lowest BCUT2D eigenvalue weighted by molar-refractivity contribution is -0.139. The first kappa shape index (κ1) is 33.0. The number of nitrogens with one attached hydrogen (secondary N) is 1. The third kappa shape index (κ3) is 7.86. The molecule has 0 radical (unpaired) electrons. The van der Waals surface area contributed by atoms with E-state index in [1.807, 2.05) is 19.3 Å². The van der Waals surface area contributed by atoms with Crippen LogP contribution in [0.15, 0.2) is 48.2 Å². The SMILES string of the molecule is C=C1/C(=C\C(=O)/C(=C\C)C(=O)OCC)c2cc(OC)c(/C(C=N)=C/N(C)CCN3CCOCC3)cc2CC1C(C)(C)C. The number of likely N-dealkylation sites (N-methyl/N-ethyl adjacent to an activating group) is 1. The summed E-state index contributed by atoms with van der Waals surface area (Å²) in [4.78, 5) is 30.3. The van der Waals surface area contributed by atoms with Gasteiger partial charge >= 0.3 is 5.97 Å². The van der Waals surface area contributed by atoms with Crippen molar-refractivity contribution in [1.82, 2.24) is 9.80 Å². The van der Waals surface area contributed by atoms with Crippen molar-refractivity contribution in [3.63, 3.8) is 0 Å². The first-order valence-corrected chi connectivity index (χ1v) is 14.7. The van der Waals surface area contributed by atoms with E-state index in [9.17, 15) is 9.59 Å². The number of benzene rings is 1. The summed E-state index contributed by atoms with van der Waals surface area (Å²) in [5.74, 6) is -0.396. The lowest BCUT2D eigenvalue weighted by Gasteiger charge is -2.38. The van der Waals surface area contributed by atoms with E-state index in [1.54, 1.807) is 21.0 Å². The minimum atomic E-state index is -0.637. The van der Waals surface area contributed by atoms with Gasteiger partial charge in [0.1, 0.15) is 11.3 Å². The zero-order chi connectivity index (χ0) is 31.0. The van der Waals surface area contributed by atoms with Crippen LogP contribution in [0.4, 0.5) is 0 Å². The number of hydrogen-bond donors (Lipinski definition) is 1. The maximum absolute atomic E-state index is 13.4. The molecule has 1 aliphatic heterocycles. The zero-order valence-corrected chi connectivity index (χ0v) is 26.3. The Morgan fingerprint density at radius 3 is 2.50 bits per heavy atom. The quantitative estimate of drug-likeness (QED) is 0.127. The molecule has 42 heavy (non-hydrogen) atoms. The first-order valence-electron chi connectivity index (χ1n) is 14.7. The number of nitrogens with zero attached hydrogens (tertiary/aromatic N) is 2. The summed E-state index contributed by atoms with van der Waals surface area (Å²) in [5, 5.41) is 8.25. The maximum Gasteiger partial charge on any atom is 0.341 e. The summed E-state index contributed by atoms with van der Waals surface area (Å²) in [6.45, 7) is 19.6. The number of hydrogen-bond acceptors (Lipinski definition) is 8. The summed E-state index contributed by atoms with van der Waals surface area (Å²) in [6.07, 6.45) is 7.07. The monoisotopic (exact) mass is 577 g/mol. The van der Waals surface area contributed by atoms with Gasteiger partial charge in [-0.1, -0.05) is 33.4 Å². The standard InChI is InChI=1S/C34H47N3O5/c1-9-26(33(39)42-10-2)31(38)19-27-23(3)30(34(4,5)6)18-24-17-29(32(40-8)20-28(24)27)25(21-35)22-36(7)11-12-37-13-15-41-16-14-37/h9,17,19-22,30,35H,3,10-16,18H2,1-2,4-8H3/b25-22+,26-9+,27-19+,35-21?. The molecule has 1 unspecified atom stereocenters. The molecule has 1 heterocycles. The Morgan fingerprint density at radius 2 is 1.93 bits per heavy atom. The predicted molar refractivity (Wildman–Crippen MR) is 169 cm³/mol. The number of morpholine rings is 1. The van der Waals surface area contributed by atoms with Crippen molar-refractivity contribution < 1.29 is 23.8 Å². The van der Waals surface area contributed by atoms with Gasteiger partial charge in [-0.2, -0.15) is 0 Å². The maximum atomic E-state index is 13.4. The van der Waals surface area contributed by atoms with Crippen LogP contribution >= 0.6 is 0 Å². The smallest absolute Gasteiger partial charge is 0.341 e. The third-order valence-corrected chi connectivity index (χ3v) is 7.98. The van der Waals surface area contributed by atoms with Crippen LogP contribution in [0.1, 0.15) is 51.3 Å². The van der Waals surface area contributed by atoms with Crippen molar-refractivity contribution in [2.24, 2.45) is 11.3 Å². The van der Waals surface area contributed by atoms with Crippen LogP contribution in [0.3, 0.4) is 0 Å². The van der Waals surface area contributed by atoms with Gasteiger partial charge in [-0.25, -0.2) is 4.79 Å². The van der Waals surface area contributed by atoms with Crippen molar-refractivity contribution >= 4 is 29.1 Å². The Bertz CT molecular complexity index is 1280. The molecule has 228 valence electrons. The van der Waals surface area contributed by atoms with Crippen molar-refractivity contribution in [1.29, 1.82) is 5.41 Å². The number of carbonyl (C=O) groups excluding carboxylic acids is 2. The van der Waals surface area contributed by atoms with Gasteiger partial charge in [0.15, 0.2) is 5.78 Å². The highest BCUT2D eigenvalue weighted by Crippen LogP contribution is 2.47. The van der Waals surface area contributed by atoms with E-state index in [0.29, 0.717) is 11.3 Å². The highest BCUT2D eigenvalue weighted by atomic mass is 16.5. The summed E-state index contributed by atoms with van der Waals surface area (Å²) in [5.41, 5.74) is 4.85. The van der Waals surface area contributed by atoms with Crippen LogP contribution in [0.25, 0.3) is 11.1 Å². The first-order chi connectivity index (χ1) is 19.9. The Morgan fingerprint density at radius 1 is 1.24 bits per heavy atom. The molecule has 1 N–H and O–H groups in total. The number of methoxy groups -OCH3 is 1. The molecule has 0 amide bonds. The van der Waals surface area contributed by atoms with Crippen LogP contribution in [-0.2, 0) is 25.5 Å². The third-order valence-electron chi connectivity index (χ3n) is 7.98. The molecule has 0 bridgehead atoms. The van der Waals surface area contributed by atoms with E-state index < -0.39 is 11.8 Å². The molecule has 3 rings (SSSR count). The van der Waals surface area contributed by atoms with Gasteiger partial charge in [0.2, 0.25) is 0 Å². The molecule has 0 saturated carbocycles. The molecule has 8 nitrogen and oxygen atoms in total. The fraction of sp³-hybridized carbons (Fsp3) is 0.500. The second kappa shape index (κ2) is 14.6. The number of rotatable bonds is 11. The summed E-state index contributed by atoms with van der Waals surface area (Å²) in [6, 6.07) is 4.00. The molecule has 0 aromatic heterocycles. The highest BCUT2D eigenvalue weighted by molar-refractivity contribution is 6.24. The van der Waals surface area contributed by atoms with Gasteiger partial charge in [0.25, 0.3) is 0 Å². The molecular formula is C34H47N3O5. The van der Waals surface area contributed by atoms with E-state index in [0.717, 1.165) is 73.7 Å². The Balaban J connectivity index is 2.06. The van der Waals surface area contributed by atoms with Gasteiger partial charge in [-0.05, 0) is 72.1 Å². The number of allylic oxidation sites excluding steroid dienone is 5. The van der Waals surface area contributed by atoms with Gasteiger partial charge in [-0.15, -0.1) is 0 Å². The molecule has 1 fully saturated rings. The van der Waals surface area contributed by atoms with Crippen LogP contribution in [-0.4, -0.2) is 87.9 Å². The van der Waals surface area contributed by atoms with Crippen molar-refractivity contribution in [3.8, 4) is 5.75 Å². The van der Waals surface area contributed by atoms with E-state index in [-0.39, 0.29) is 23.5 Å². The lowest BCUT2D eigenvalue weighted by Crippen LogP contribution is -2.39. The highest BCUT2D eigenvalue weighted by Gasteiger charge is 2.35. The molecule has 1 atom stereocenters. The molecule has 1 aromatic carbocycles. The second-order valence-electron chi connectivity index (χ2n) is 11.9. The number of esters is 1. The minimum absolute atomic E-state index is 0.00527. The van der Waals surface area contributed by atoms with Crippen LogP contribution in [0.2, 0.25) is 0 Å². The molecule has 1 aromatic rings. The molecular weight excluding hydrogens is 530 g/mol. The van der Waals surface area contributed by atoms with Gasteiger partial charge in [-0.3, -0.25) is 9.69 Å². The van der Waals surface area contributed by atoms with Crippen molar-refractivity contribution in [2.45, 2.75) is 41.0 Å². The van der Waals surface area contributed by atoms with Crippen molar-refractivity contribution in [3.05, 3.63) is 64.9 Å². The normalized spacial score (nSPS) is 19.4. The van der Waals surface area contributed by atoms with Crippen LogP contribution in [0.5, 0.6) is 5.75 Å². The fourth-order valence-electron chi connectivity index (χ4n) is 5.53. The topological polar surface area (TPSA) is 92.2 Å². The molecule has 8 heteroatoms. The number of fused-ring (bicyclic) bond motifs is 1. The molecule has 2 aliphatic rings. The zero-order valence-electron chi connectivity index (χ0n) is 26.3. The van der Waals surface area contributed by atoms with Gasteiger partial charge in [0, 0.05) is 56.8 Å². The number of ether oxygens (including phenoxy) is 3. The summed E-state index contributed by atoms with van der Waals surface area (Å²) >= 11 is 0. The molecule has 1 saturated heterocycles. The van der Waals surface area contributed by atoms with E-state index in [1.165, 1.54) is 18.4 Å². The van der Waals surface area contributed by atoms with E-state index >= 15 is 0 Å².